The Labute approximate surface area is 120 Å². The highest BCUT2D eigenvalue weighted by atomic mass is 19.1. The number of halogens is 1. The molecule has 0 atom stereocenters. The fraction of sp³-hybridized carbons (Fsp3) is 0.500. The number of rotatable bonds is 7. The van der Waals surface area contributed by atoms with Gasteiger partial charge in [0.2, 0.25) is 0 Å². The molecule has 0 fully saturated rings. The van der Waals surface area contributed by atoms with Crippen LogP contribution in [0.25, 0.3) is 0 Å². The number of aliphatic hydroxyl groups is 2. The van der Waals surface area contributed by atoms with E-state index in [-0.39, 0.29) is 19.0 Å². The van der Waals surface area contributed by atoms with E-state index in [1.807, 2.05) is 13.1 Å². The second-order valence-electron chi connectivity index (χ2n) is 4.83. The van der Waals surface area contributed by atoms with Gasteiger partial charge in [0.25, 0.3) is 0 Å². The van der Waals surface area contributed by atoms with E-state index in [9.17, 15) is 4.39 Å². The van der Waals surface area contributed by atoms with Crippen LogP contribution in [0.5, 0.6) is 0 Å². The lowest BCUT2D eigenvalue weighted by Gasteiger charge is -2.16. The first kappa shape index (κ1) is 16.6. The minimum Gasteiger partial charge on any atom is -0.396 e. The van der Waals surface area contributed by atoms with E-state index in [1.165, 1.54) is 12.1 Å². The Hall–Kier alpha value is -1.41. The van der Waals surface area contributed by atoms with Crippen molar-refractivity contribution in [3.63, 3.8) is 0 Å². The van der Waals surface area contributed by atoms with Crippen LogP contribution in [-0.4, -0.2) is 41.9 Å². The highest BCUT2D eigenvalue weighted by Gasteiger charge is 2.03. The van der Waals surface area contributed by atoms with Crippen molar-refractivity contribution in [3.8, 4) is 11.8 Å². The van der Waals surface area contributed by atoms with Crippen molar-refractivity contribution in [1.82, 2.24) is 4.90 Å². The molecule has 0 aliphatic rings. The fourth-order valence-electron chi connectivity index (χ4n) is 2.02. The van der Waals surface area contributed by atoms with Gasteiger partial charge in [-0.25, -0.2) is 4.39 Å². The number of hydrogen-bond donors (Lipinski definition) is 2. The van der Waals surface area contributed by atoms with E-state index < -0.39 is 0 Å². The average Bonchev–Trinajstić information content (AvgIpc) is 2.41. The molecule has 110 valence electrons. The van der Waals surface area contributed by atoms with Crippen molar-refractivity contribution in [3.05, 3.63) is 35.1 Å². The molecule has 0 aromatic heterocycles. The monoisotopic (exact) mass is 279 g/mol. The summed E-state index contributed by atoms with van der Waals surface area (Å²) in [5, 5.41) is 17.4. The second-order valence-corrected chi connectivity index (χ2v) is 4.83. The van der Waals surface area contributed by atoms with Crippen molar-refractivity contribution in [2.24, 2.45) is 0 Å². The van der Waals surface area contributed by atoms with Crippen LogP contribution >= 0.6 is 0 Å². The maximum atomic E-state index is 13.5. The number of nitrogens with zero attached hydrogens (tertiary/aromatic N) is 1. The summed E-state index contributed by atoms with van der Waals surface area (Å²) in [5.74, 6) is 4.94. The molecule has 0 aliphatic heterocycles. The summed E-state index contributed by atoms with van der Waals surface area (Å²) in [6.45, 7) is 1.58. The van der Waals surface area contributed by atoms with E-state index in [2.05, 4.69) is 16.7 Å². The van der Waals surface area contributed by atoms with Crippen LogP contribution < -0.4 is 0 Å². The third-order valence-electron chi connectivity index (χ3n) is 2.92. The summed E-state index contributed by atoms with van der Waals surface area (Å²) in [6.07, 6.45) is 2.84. The number of hydrogen-bond acceptors (Lipinski definition) is 3. The molecule has 4 heteroatoms. The number of aliphatic hydroxyl groups excluding tert-OH is 2. The third kappa shape index (κ3) is 6.67. The van der Waals surface area contributed by atoms with Gasteiger partial charge < -0.3 is 15.1 Å². The Morgan fingerprint density at radius 1 is 1.15 bits per heavy atom. The van der Waals surface area contributed by atoms with E-state index in [4.69, 9.17) is 10.2 Å². The molecule has 0 saturated carbocycles. The molecule has 0 spiro atoms. The molecular weight excluding hydrogens is 257 g/mol. The van der Waals surface area contributed by atoms with Crippen LogP contribution in [0.4, 0.5) is 4.39 Å². The summed E-state index contributed by atoms with van der Waals surface area (Å²) in [7, 11) is 1.99. The molecule has 0 amide bonds. The number of unbranched alkanes of at least 4 members (excludes halogenated alkanes) is 2. The van der Waals surface area contributed by atoms with Crippen LogP contribution in [0.3, 0.4) is 0 Å². The Morgan fingerprint density at radius 2 is 1.95 bits per heavy atom. The quantitative estimate of drug-likeness (QED) is 0.590. The van der Waals surface area contributed by atoms with E-state index in [1.54, 1.807) is 0 Å². The summed E-state index contributed by atoms with van der Waals surface area (Å²) in [4.78, 5) is 2.12. The predicted octanol–water partition coefficient (Wildman–Crippen LogP) is 1.76. The van der Waals surface area contributed by atoms with Crippen molar-refractivity contribution in [2.75, 3.05) is 26.8 Å². The van der Waals surface area contributed by atoms with Crippen molar-refractivity contribution >= 4 is 0 Å². The zero-order valence-corrected chi connectivity index (χ0v) is 11.9. The molecule has 3 nitrogen and oxygen atoms in total. The van der Waals surface area contributed by atoms with Gasteiger partial charge in [-0.15, -0.1) is 0 Å². The summed E-state index contributed by atoms with van der Waals surface area (Å²) < 4.78 is 13.5. The second kappa shape index (κ2) is 9.49. The lowest BCUT2D eigenvalue weighted by molar-refractivity contribution is 0.271. The van der Waals surface area contributed by atoms with Gasteiger partial charge in [-0.05, 0) is 56.6 Å². The van der Waals surface area contributed by atoms with Crippen LogP contribution in [0.15, 0.2) is 18.2 Å². The summed E-state index contributed by atoms with van der Waals surface area (Å²) in [5.41, 5.74) is 1.46. The zero-order chi connectivity index (χ0) is 14.8. The standard InChI is InChI=1S/C16H22FNO2/c1-18(7-3-2-4-8-19)13-15-10-14(6-5-9-20)11-16(17)12-15/h10-12,19-20H,2-4,7-9,13H2,1H3. The molecule has 1 rings (SSSR count). The number of benzene rings is 1. The molecule has 0 aliphatic carbocycles. The Balaban J connectivity index is 2.55. The molecule has 20 heavy (non-hydrogen) atoms. The maximum absolute atomic E-state index is 13.5. The van der Waals surface area contributed by atoms with Crippen LogP contribution in [-0.2, 0) is 6.54 Å². The fourth-order valence-corrected chi connectivity index (χ4v) is 2.02. The first-order valence-corrected chi connectivity index (χ1v) is 6.84. The highest BCUT2D eigenvalue weighted by Crippen LogP contribution is 2.11. The third-order valence-corrected chi connectivity index (χ3v) is 2.92. The molecule has 0 saturated heterocycles. The van der Waals surface area contributed by atoms with Gasteiger partial charge >= 0.3 is 0 Å². The van der Waals surface area contributed by atoms with Gasteiger partial charge in [-0.1, -0.05) is 11.8 Å². The highest BCUT2D eigenvalue weighted by molar-refractivity contribution is 5.37. The summed E-state index contributed by atoms with van der Waals surface area (Å²) in [6, 6.07) is 4.72. The summed E-state index contributed by atoms with van der Waals surface area (Å²) >= 11 is 0. The Bertz CT molecular complexity index is 465. The molecule has 0 bridgehead atoms. The average molecular weight is 279 g/mol. The van der Waals surface area contributed by atoms with E-state index in [0.717, 1.165) is 31.4 Å². The van der Waals surface area contributed by atoms with Gasteiger partial charge in [-0.2, -0.15) is 0 Å². The zero-order valence-electron chi connectivity index (χ0n) is 11.9. The SMILES string of the molecule is CN(CCCCCO)Cc1cc(F)cc(C#CCO)c1. The van der Waals surface area contributed by atoms with E-state index >= 15 is 0 Å². The van der Waals surface area contributed by atoms with Gasteiger partial charge in [0.1, 0.15) is 12.4 Å². The van der Waals surface area contributed by atoms with Crippen LogP contribution in [0.2, 0.25) is 0 Å². The van der Waals surface area contributed by atoms with E-state index in [0.29, 0.717) is 12.1 Å². The minimum atomic E-state index is -0.307. The van der Waals surface area contributed by atoms with Crippen LogP contribution in [0.1, 0.15) is 30.4 Å². The molecule has 0 radical (unpaired) electrons. The normalized spacial score (nSPS) is 10.4. The van der Waals surface area contributed by atoms with Crippen LogP contribution in [0, 0.1) is 17.7 Å². The van der Waals surface area contributed by atoms with Gasteiger partial charge in [0.05, 0.1) is 0 Å². The lowest BCUT2D eigenvalue weighted by Crippen LogP contribution is -2.19. The van der Waals surface area contributed by atoms with Crippen molar-refractivity contribution in [1.29, 1.82) is 0 Å². The molecule has 1 aromatic carbocycles. The topological polar surface area (TPSA) is 43.7 Å². The Kier molecular flexibility index (Phi) is 7.89. The molecule has 0 heterocycles. The molecule has 0 unspecified atom stereocenters. The van der Waals surface area contributed by atoms with Crippen molar-refractivity contribution < 1.29 is 14.6 Å². The largest absolute Gasteiger partial charge is 0.396 e. The molecular formula is C16H22FNO2. The minimum absolute atomic E-state index is 0.226. The first-order chi connectivity index (χ1) is 9.65. The van der Waals surface area contributed by atoms with Gasteiger partial charge in [0, 0.05) is 18.7 Å². The van der Waals surface area contributed by atoms with Gasteiger partial charge in [0.15, 0.2) is 0 Å². The first-order valence-electron chi connectivity index (χ1n) is 6.84. The molecule has 2 N–H and O–H groups in total. The van der Waals surface area contributed by atoms with Gasteiger partial charge in [-0.3, -0.25) is 0 Å². The maximum Gasteiger partial charge on any atom is 0.124 e. The van der Waals surface area contributed by atoms with Crippen molar-refractivity contribution in [2.45, 2.75) is 25.8 Å². The molecule has 1 aromatic rings. The predicted molar refractivity (Wildman–Crippen MR) is 77.6 cm³/mol. The lowest BCUT2D eigenvalue weighted by atomic mass is 10.1. The smallest absolute Gasteiger partial charge is 0.124 e. The Morgan fingerprint density at radius 3 is 2.65 bits per heavy atom.